The predicted molar refractivity (Wildman–Crippen MR) is 167 cm³/mol. The SMILES string of the molecule is CCCCCCCCCc1ccc(C(CCCCC(=O)O)Sc2ccc3c(=O)cc(C(=O)O)oc3c2)cc1.[NaH].[NaH]. The van der Waals surface area contributed by atoms with E-state index in [9.17, 15) is 19.5 Å². The number of carboxylic acids is 2. The fourth-order valence-electron chi connectivity index (χ4n) is 4.56. The molecule has 1 unspecified atom stereocenters. The molecule has 3 rings (SSSR count). The van der Waals surface area contributed by atoms with Crippen LogP contribution in [0.25, 0.3) is 11.0 Å². The van der Waals surface area contributed by atoms with Gasteiger partial charge in [0.15, 0.2) is 5.43 Å². The third-order valence-electron chi connectivity index (χ3n) is 6.72. The molecule has 0 spiro atoms. The van der Waals surface area contributed by atoms with Crippen LogP contribution in [0.15, 0.2) is 62.6 Å². The maximum atomic E-state index is 12.3. The van der Waals surface area contributed by atoms with Crippen molar-refractivity contribution in [3.8, 4) is 0 Å². The first kappa shape index (κ1) is 37.0. The van der Waals surface area contributed by atoms with E-state index in [1.165, 1.54) is 50.5 Å². The zero-order chi connectivity index (χ0) is 27.3. The number of aliphatic carboxylic acids is 1. The van der Waals surface area contributed by atoms with E-state index in [4.69, 9.17) is 9.52 Å². The number of carboxylic acid groups (broad SMARTS) is 2. The summed E-state index contributed by atoms with van der Waals surface area (Å²) >= 11 is 1.62. The number of hydrogen-bond donors (Lipinski definition) is 2. The van der Waals surface area contributed by atoms with Crippen LogP contribution in [-0.4, -0.2) is 81.3 Å². The minimum absolute atomic E-state index is 0. The van der Waals surface area contributed by atoms with Gasteiger partial charge in [-0.3, -0.25) is 9.59 Å². The number of unbranched alkanes of at least 4 members (excludes halogenated alkanes) is 7. The van der Waals surface area contributed by atoms with Crippen LogP contribution in [0.1, 0.15) is 104 Å². The molecule has 2 aromatic carbocycles. The van der Waals surface area contributed by atoms with Gasteiger partial charge in [0.2, 0.25) is 5.76 Å². The van der Waals surface area contributed by atoms with E-state index in [1.54, 1.807) is 23.9 Å². The van der Waals surface area contributed by atoms with Crippen LogP contribution in [-0.2, 0) is 11.2 Å². The molecule has 2 N–H and O–H groups in total. The van der Waals surface area contributed by atoms with E-state index in [2.05, 4.69) is 31.2 Å². The molecule has 9 heteroatoms. The molecule has 6 nitrogen and oxygen atoms in total. The Labute approximate surface area is 285 Å². The molecule has 0 aliphatic carbocycles. The first-order valence-electron chi connectivity index (χ1n) is 13.7. The molecule has 0 amide bonds. The van der Waals surface area contributed by atoms with Crippen molar-refractivity contribution >= 4 is 93.8 Å². The first-order valence-corrected chi connectivity index (χ1v) is 14.5. The number of fused-ring (bicyclic) bond motifs is 1. The van der Waals surface area contributed by atoms with Gasteiger partial charge in [-0.1, -0.05) is 76.1 Å². The summed E-state index contributed by atoms with van der Waals surface area (Å²) in [5.74, 6) is -2.45. The van der Waals surface area contributed by atoms with Crippen molar-refractivity contribution in [2.45, 2.75) is 94.1 Å². The van der Waals surface area contributed by atoms with Gasteiger partial charge in [-0.05, 0) is 55.0 Å². The Morgan fingerprint density at radius 2 is 1.52 bits per heavy atom. The number of benzene rings is 2. The van der Waals surface area contributed by atoms with Crippen LogP contribution in [0.2, 0.25) is 0 Å². The van der Waals surface area contributed by atoms with Crippen LogP contribution >= 0.6 is 11.8 Å². The van der Waals surface area contributed by atoms with E-state index in [1.807, 2.05) is 6.07 Å². The fourth-order valence-corrected chi connectivity index (χ4v) is 5.79. The van der Waals surface area contributed by atoms with E-state index >= 15 is 0 Å². The monoisotopic (exact) mass is 586 g/mol. The average molecular weight is 587 g/mol. The van der Waals surface area contributed by atoms with Gasteiger partial charge in [0.05, 0.1) is 5.39 Å². The van der Waals surface area contributed by atoms with Crippen LogP contribution in [0.5, 0.6) is 0 Å². The molecule has 0 radical (unpaired) electrons. The molecular formula is C31H40Na2O6S. The fraction of sp³-hybridized carbons (Fsp3) is 0.452. The van der Waals surface area contributed by atoms with E-state index in [0.717, 1.165) is 35.8 Å². The summed E-state index contributed by atoms with van der Waals surface area (Å²) in [6.45, 7) is 2.24. The third-order valence-corrected chi connectivity index (χ3v) is 8.04. The van der Waals surface area contributed by atoms with Gasteiger partial charge in [-0.25, -0.2) is 4.79 Å². The third kappa shape index (κ3) is 12.4. The van der Waals surface area contributed by atoms with Crippen molar-refractivity contribution in [1.29, 1.82) is 0 Å². The molecule has 0 bridgehead atoms. The zero-order valence-electron chi connectivity index (χ0n) is 22.1. The standard InChI is InChI=1S/C31H38O6S.2Na.2H/c1-2-3-4-5-6-7-8-11-22-14-16-23(17-15-22)29(12-9-10-13-30(33)34)38-24-18-19-25-26(32)21-28(31(35)36)37-27(25)20-24;;;;/h14-21,29H,2-13H2,1H3,(H,33,34)(H,35,36);;;;. The maximum absolute atomic E-state index is 12.3. The molecule has 208 valence electrons. The average Bonchev–Trinajstić information content (AvgIpc) is 2.90. The molecule has 3 aromatic rings. The summed E-state index contributed by atoms with van der Waals surface area (Å²) in [6, 6.07) is 14.9. The van der Waals surface area contributed by atoms with Crippen molar-refractivity contribution in [1.82, 2.24) is 0 Å². The molecule has 0 fully saturated rings. The first-order chi connectivity index (χ1) is 18.4. The van der Waals surface area contributed by atoms with Crippen molar-refractivity contribution in [3.05, 3.63) is 75.6 Å². The zero-order valence-corrected chi connectivity index (χ0v) is 22.9. The molecule has 1 heterocycles. The second-order valence-corrected chi connectivity index (χ2v) is 11.1. The summed E-state index contributed by atoms with van der Waals surface area (Å²) in [6.07, 6.45) is 12.4. The quantitative estimate of drug-likeness (QED) is 0.100. The van der Waals surface area contributed by atoms with Crippen LogP contribution in [0.3, 0.4) is 0 Å². The summed E-state index contributed by atoms with van der Waals surface area (Å²) in [4.78, 5) is 35.4. The molecule has 0 saturated heterocycles. The number of thioether (sulfide) groups is 1. The minimum atomic E-state index is -1.28. The topological polar surface area (TPSA) is 105 Å². The normalized spacial score (nSPS) is 11.4. The Balaban J connectivity index is 0.00000400. The van der Waals surface area contributed by atoms with Gasteiger partial charge in [-0.2, -0.15) is 0 Å². The van der Waals surface area contributed by atoms with Gasteiger partial charge < -0.3 is 14.6 Å². The van der Waals surface area contributed by atoms with Gasteiger partial charge >= 0.3 is 71.1 Å². The molecule has 0 aliphatic rings. The van der Waals surface area contributed by atoms with Crippen LogP contribution in [0, 0.1) is 0 Å². The second kappa shape index (κ2) is 20.0. The van der Waals surface area contributed by atoms with Crippen molar-refractivity contribution in [2.24, 2.45) is 0 Å². The van der Waals surface area contributed by atoms with Crippen LogP contribution < -0.4 is 5.43 Å². The summed E-state index contributed by atoms with van der Waals surface area (Å²) in [5.41, 5.74) is 2.34. The van der Waals surface area contributed by atoms with Crippen LogP contribution in [0.4, 0.5) is 0 Å². The molecule has 0 saturated carbocycles. The molecule has 40 heavy (non-hydrogen) atoms. The molecule has 1 aromatic heterocycles. The summed E-state index contributed by atoms with van der Waals surface area (Å²) in [5, 5.41) is 18.7. The Bertz CT molecular complexity index is 1260. The van der Waals surface area contributed by atoms with Crippen molar-refractivity contribution < 1.29 is 24.2 Å². The van der Waals surface area contributed by atoms with E-state index in [0.29, 0.717) is 11.8 Å². The molecule has 0 aliphatic heterocycles. The van der Waals surface area contributed by atoms with Crippen molar-refractivity contribution in [2.75, 3.05) is 0 Å². The van der Waals surface area contributed by atoms with Gasteiger partial charge in [0.25, 0.3) is 0 Å². The number of aryl methyl sites for hydroxylation is 1. The van der Waals surface area contributed by atoms with E-state index in [-0.39, 0.29) is 87.6 Å². The number of hydrogen-bond acceptors (Lipinski definition) is 5. The second-order valence-electron chi connectivity index (χ2n) is 9.80. The van der Waals surface area contributed by atoms with Gasteiger partial charge in [0, 0.05) is 22.6 Å². The number of rotatable bonds is 17. The Hall–Kier alpha value is -1.06. The summed E-state index contributed by atoms with van der Waals surface area (Å²) in [7, 11) is 0. The van der Waals surface area contributed by atoms with Gasteiger partial charge in [-0.15, -0.1) is 11.8 Å². The number of aromatic carboxylic acids is 1. The van der Waals surface area contributed by atoms with E-state index < -0.39 is 11.9 Å². The molecule has 1 atom stereocenters. The number of carbonyl (C=O) groups is 2. The van der Waals surface area contributed by atoms with Crippen molar-refractivity contribution in [3.63, 3.8) is 0 Å². The Morgan fingerprint density at radius 3 is 2.17 bits per heavy atom. The predicted octanol–water partition coefficient (Wildman–Crippen LogP) is 6.97. The Kier molecular flexibility index (Phi) is 18.4. The Morgan fingerprint density at radius 1 is 0.850 bits per heavy atom. The summed E-state index contributed by atoms with van der Waals surface area (Å²) < 4.78 is 5.47. The molecular weight excluding hydrogens is 546 g/mol. The van der Waals surface area contributed by atoms with Gasteiger partial charge in [0.1, 0.15) is 5.58 Å².